The molecule has 0 radical (unpaired) electrons. The number of hydrogen-bond acceptors (Lipinski definition) is 3. The van der Waals surface area contributed by atoms with Crippen LogP contribution in [0.25, 0.3) is 0 Å². The number of hydrogen-bond donors (Lipinski definition) is 3. The Morgan fingerprint density at radius 3 is 2.43 bits per heavy atom. The number of carboxylic acids is 1. The molecule has 3 N–H and O–H groups in total. The summed E-state index contributed by atoms with van der Waals surface area (Å²) in [6.07, 6.45) is 0.681. The van der Waals surface area contributed by atoms with Gasteiger partial charge in [-0.15, -0.1) is 0 Å². The van der Waals surface area contributed by atoms with Gasteiger partial charge in [-0.3, -0.25) is 0 Å². The summed E-state index contributed by atoms with van der Waals surface area (Å²) in [6, 6.07) is 1.97. The molecular formula is C13H16Cl2N2O4. The van der Waals surface area contributed by atoms with Crippen molar-refractivity contribution in [3.63, 3.8) is 0 Å². The first-order chi connectivity index (χ1) is 9.95. The minimum atomic E-state index is -1.15. The predicted molar refractivity (Wildman–Crippen MR) is 81.6 cm³/mol. The van der Waals surface area contributed by atoms with Gasteiger partial charge in [-0.2, -0.15) is 0 Å². The summed E-state index contributed by atoms with van der Waals surface area (Å²) in [5.74, 6) is -1.15. The highest BCUT2D eigenvalue weighted by Gasteiger charge is 2.14. The monoisotopic (exact) mass is 334 g/mol. The van der Waals surface area contributed by atoms with Crippen molar-refractivity contribution in [3.05, 3.63) is 27.7 Å². The second-order valence-corrected chi connectivity index (χ2v) is 4.87. The number of halogens is 2. The molecule has 0 unspecified atom stereocenters. The summed E-state index contributed by atoms with van der Waals surface area (Å²) in [4.78, 5) is 22.5. The molecule has 0 bridgehead atoms. The number of aromatic carboxylic acids is 1. The number of anilines is 1. The zero-order chi connectivity index (χ0) is 15.8. The van der Waals surface area contributed by atoms with Crippen LogP contribution >= 0.6 is 23.2 Å². The molecule has 0 saturated carbocycles. The highest BCUT2D eigenvalue weighted by molar-refractivity contribution is 6.40. The van der Waals surface area contributed by atoms with Gasteiger partial charge in [-0.1, -0.05) is 23.2 Å². The quantitative estimate of drug-likeness (QED) is 0.668. The number of nitrogens with one attached hydrogen (secondary N) is 2. The molecule has 6 nitrogen and oxygen atoms in total. The first kappa shape index (κ1) is 17.6. The maximum atomic E-state index is 11.7. The molecule has 0 aliphatic heterocycles. The zero-order valence-electron chi connectivity index (χ0n) is 11.4. The lowest BCUT2D eigenvalue weighted by Gasteiger charge is -2.11. The Morgan fingerprint density at radius 1 is 1.29 bits per heavy atom. The zero-order valence-corrected chi connectivity index (χ0v) is 12.9. The normalized spacial score (nSPS) is 10.2. The van der Waals surface area contributed by atoms with Crippen molar-refractivity contribution in [2.75, 3.05) is 25.1 Å². The summed E-state index contributed by atoms with van der Waals surface area (Å²) >= 11 is 11.8. The first-order valence-electron chi connectivity index (χ1n) is 6.30. The Hall–Kier alpha value is -1.50. The van der Waals surface area contributed by atoms with Crippen LogP contribution in [0.15, 0.2) is 12.1 Å². The van der Waals surface area contributed by atoms with Crippen molar-refractivity contribution in [1.29, 1.82) is 0 Å². The van der Waals surface area contributed by atoms with Gasteiger partial charge in [0.2, 0.25) is 0 Å². The molecule has 0 atom stereocenters. The molecule has 0 aromatic heterocycles. The SMILES string of the molecule is CCOCCCNC(=O)Nc1c(Cl)cc(C(=O)O)cc1Cl. The van der Waals surface area contributed by atoms with Crippen molar-refractivity contribution < 1.29 is 19.4 Å². The third kappa shape index (κ3) is 5.79. The van der Waals surface area contributed by atoms with Crippen LogP contribution in [0.4, 0.5) is 10.5 Å². The lowest BCUT2D eigenvalue weighted by molar-refractivity contribution is 0.0697. The van der Waals surface area contributed by atoms with E-state index in [0.717, 1.165) is 0 Å². The number of carbonyl (C=O) groups excluding carboxylic acids is 1. The lowest BCUT2D eigenvalue weighted by atomic mass is 10.2. The molecule has 116 valence electrons. The second kappa shape index (κ2) is 8.71. The summed E-state index contributed by atoms with van der Waals surface area (Å²) in [6.45, 7) is 3.53. The number of benzene rings is 1. The first-order valence-corrected chi connectivity index (χ1v) is 7.06. The summed E-state index contributed by atoms with van der Waals surface area (Å²) in [7, 11) is 0. The van der Waals surface area contributed by atoms with E-state index in [1.54, 1.807) is 0 Å². The molecule has 21 heavy (non-hydrogen) atoms. The van der Waals surface area contributed by atoms with E-state index < -0.39 is 12.0 Å². The molecule has 0 saturated heterocycles. The Labute approximate surface area is 132 Å². The van der Waals surface area contributed by atoms with Crippen LogP contribution in [0.3, 0.4) is 0 Å². The van der Waals surface area contributed by atoms with E-state index in [1.165, 1.54) is 12.1 Å². The van der Waals surface area contributed by atoms with Crippen molar-refractivity contribution >= 4 is 40.9 Å². The van der Waals surface area contributed by atoms with Crippen LogP contribution in [0, 0.1) is 0 Å². The third-order valence-corrected chi connectivity index (χ3v) is 3.08. The molecule has 0 fully saturated rings. The minimum Gasteiger partial charge on any atom is -0.478 e. The van der Waals surface area contributed by atoms with Crippen molar-refractivity contribution in [3.8, 4) is 0 Å². The van der Waals surface area contributed by atoms with Crippen molar-refractivity contribution in [2.24, 2.45) is 0 Å². The number of amides is 2. The second-order valence-electron chi connectivity index (χ2n) is 4.05. The van der Waals surface area contributed by atoms with Crippen LogP contribution < -0.4 is 10.6 Å². The van der Waals surface area contributed by atoms with E-state index in [0.29, 0.717) is 26.2 Å². The Kier molecular flexibility index (Phi) is 7.28. The standard InChI is InChI=1S/C13H16Cl2N2O4/c1-2-21-5-3-4-16-13(20)17-11-9(14)6-8(12(18)19)7-10(11)15/h6-7H,2-5H2,1H3,(H,18,19)(H2,16,17,20). The number of carbonyl (C=O) groups is 2. The smallest absolute Gasteiger partial charge is 0.335 e. The highest BCUT2D eigenvalue weighted by Crippen LogP contribution is 2.31. The molecule has 2 amide bonds. The minimum absolute atomic E-state index is 0.0485. The fourth-order valence-electron chi connectivity index (χ4n) is 1.49. The summed E-state index contributed by atoms with van der Waals surface area (Å²) in [5, 5.41) is 14.1. The Morgan fingerprint density at radius 2 is 1.90 bits per heavy atom. The number of carboxylic acid groups (broad SMARTS) is 1. The van der Waals surface area contributed by atoms with Gasteiger partial charge in [-0.05, 0) is 25.5 Å². The molecule has 1 aromatic carbocycles. The molecule has 1 aromatic rings. The predicted octanol–water partition coefficient (Wildman–Crippen LogP) is 3.24. The Bertz CT molecular complexity index is 500. The van der Waals surface area contributed by atoms with E-state index in [-0.39, 0.29) is 21.3 Å². The van der Waals surface area contributed by atoms with E-state index in [9.17, 15) is 9.59 Å². The molecule has 0 heterocycles. The third-order valence-electron chi connectivity index (χ3n) is 2.48. The van der Waals surface area contributed by atoms with Crippen LogP contribution in [0.1, 0.15) is 23.7 Å². The van der Waals surface area contributed by atoms with Crippen LogP contribution in [-0.2, 0) is 4.74 Å². The van der Waals surface area contributed by atoms with Gasteiger partial charge in [0.25, 0.3) is 0 Å². The summed E-state index contributed by atoms with van der Waals surface area (Å²) in [5.41, 5.74) is 0.123. The topological polar surface area (TPSA) is 87.7 Å². The number of rotatable bonds is 7. The van der Waals surface area contributed by atoms with Gasteiger partial charge >= 0.3 is 12.0 Å². The molecular weight excluding hydrogens is 319 g/mol. The van der Waals surface area contributed by atoms with Gasteiger partial charge < -0.3 is 20.5 Å². The van der Waals surface area contributed by atoms with Crippen molar-refractivity contribution in [2.45, 2.75) is 13.3 Å². The molecule has 1 rings (SSSR count). The van der Waals surface area contributed by atoms with Crippen LogP contribution in [0.5, 0.6) is 0 Å². The fraction of sp³-hybridized carbons (Fsp3) is 0.385. The van der Waals surface area contributed by atoms with Gasteiger partial charge in [-0.25, -0.2) is 9.59 Å². The summed E-state index contributed by atoms with van der Waals surface area (Å²) < 4.78 is 5.14. The van der Waals surface area contributed by atoms with Gasteiger partial charge in [0, 0.05) is 19.8 Å². The van der Waals surface area contributed by atoms with E-state index in [2.05, 4.69) is 10.6 Å². The molecule has 0 aliphatic rings. The largest absolute Gasteiger partial charge is 0.478 e. The highest BCUT2D eigenvalue weighted by atomic mass is 35.5. The maximum absolute atomic E-state index is 11.7. The van der Waals surface area contributed by atoms with Crippen molar-refractivity contribution in [1.82, 2.24) is 5.32 Å². The fourth-order valence-corrected chi connectivity index (χ4v) is 2.08. The maximum Gasteiger partial charge on any atom is 0.335 e. The average Bonchev–Trinajstić information content (AvgIpc) is 2.42. The number of ether oxygens (including phenoxy) is 1. The van der Waals surface area contributed by atoms with Crippen LogP contribution in [0.2, 0.25) is 10.0 Å². The van der Waals surface area contributed by atoms with Gasteiger partial charge in [0.15, 0.2) is 0 Å². The van der Waals surface area contributed by atoms with Gasteiger partial charge in [0.05, 0.1) is 21.3 Å². The van der Waals surface area contributed by atoms with Gasteiger partial charge in [0.1, 0.15) is 0 Å². The average molecular weight is 335 g/mol. The molecule has 8 heteroatoms. The van der Waals surface area contributed by atoms with E-state index in [1.807, 2.05) is 6.92 Å². The Balaban J connectivity index is 2.58. The van der Waals surface area contributed by atoms with E-state index >= 15 is 0 Å². The van der Waals surface area contributed by atoms with E-state index in [4.69, 9.17) is 33.0 Å². The molecule has 0 aliphatic carbocycles. The number of urea groups is 1. The van der Waals surface area contributed by atoms with Crippen LogP contribution in [-0.4, -0.2) is 36.9 Å². The molecule has 0 spiro atoms. The lowest BCUT2D eigenvalue weighted by Crippen LogP contribution is -2.30.